The summed E-state index contributed by atoms with van der Waals surface area (Å²) in [5.74, 6) is -0.351. The molecule has 2 aromatic carbocycles. The second kappa shape index (κ2) is 12.0. The summed E-state index contributed by atoms with van der Waals surface area (Å²) < 4.78 is 29.6. The van der Waals surface area contributed by atoms with E-state index in [9.17, 15) is 13.6 Å². The van der Waals surface area contributed by atoms with E-state index in [-0.39, 0.29) is 48.1 Å². The van der Waals surface area contributed by atoms with Crippen LogP contribution >= 0.6 is 23.4 Å². The maximum Gasteiger partial charge on any atom is 0.271 e. The zero-order valence-corrected chi connectivity index (χ0v) is 20.9. The van der Waals surface area contributed by atoms with Crippen LogP contribution in [0.2, 0.25) is 5.02 Å². The SMILES string of the molecule is O=C(NCCOCCO)c1cc(C2=CCC(c3cccc(S(=O)[O-])c3)S2)n(-c2ccccc2Cl)n1. The van der Waals surface area contributed by atoms with Gasteiger partial charge in [-0.05, 0) is 53.4 Å². The lowest BCUT2D eigenvalue weighted by Crippen LogP contribution is -2.28. The molecule has 1 aliphatic rings. The van der Waals surface area contributed by atoms with Gasteiger partial charge in [-0.25, -0.2) is 4.68 Å². The number of nitrogens with one attached hydrogen (secondary N) is 1. The summed E-state index contributed by atoms with van der Waals surface area (Å²) in [5, 5.41) is 16.6. The highest BCUT2D eigenvalue weighted by molar-refractivity contribution is 8.08. The molecule has 11 heteroatoms. The lowest BCUT2D eigenvalue weighted by molar-refractivity contribution is 0.0835. The monoisotopic (exact) mass is 532 g/mol. The van der Waals surface area contributed by atoms with Gasteiger partial charge in [-0.15, -0.1) is 11.8 Å². The Morgan fingerprint density at radius 2 is 2.09 bits per heavy atom. The first-order chi connectivity index (χ1) is 17.0. The van der Waals surface area contributed by atoms with Gasteiger partial charge in [-0.2, -0.15) is 5.10 Å². The Labute approximate surface area is 214 Å². The normalized spacial score (nSPS) is 16.2. The molecule has 1 amide bonds. The molecule has 1 aliphatic heterocycles. The molecule has 1 aromatic heterocycles. The third-order valence-corrected chi connectivity index (χ3v) is 7.59. The minimum absolute atomic E-state index is 0.0315. The number of amides is 1. The van der Waals surface area contributed by atoms with Gasteiger partial charge in [0.1, 0.15) is 0 Å². The fourth-order valence-electron chi connectivity index (χ4n) is 3.62. The fraction of sp³-hybridized carbons (Fsp3) is 0.250. The summed E-state index contributed by atoms with van der Waals surface area (Å²) >= 11 is 5.74. The van der Waals surface area contributed by atoms with Crippen molar-refractivity contribution in [2.75, 3.05) is 26.4 Å². The van der Waals surface area contributed by atoms with Crippen molar-refractivity contribution in [3.8, 4) is 5.69 Å². The number of aliphatic hydroxyl groups is 1. The molecule has 0 radical (unpaired) electrons. The molecule has 184 valence electrons. The molecular weight excluding hydrogens is 510 g/mol. The molecule has 2 heterocycles. The molecule has 2 N–H and O–H groups in total. The molecule has 2 unspecified atom stereocenters. The maximum absolute atomic E-state index is 12.8. The van der Waals surface area contributed by atoms with Crippen LogP contribution in [-0.2, 0) is 15.8 Å². The molecule has 4 rings (SSSR count). The average molecular weight is 533 g/mol. The van der Waals surface area contributed by atoms with E-state index < -0.39 is 11.1 Å². The van der Waals surface area contributed by atoms with Gasteiger partial charge >= 0.3 is 0 Å². The Kier molecular flexibility index (Phi) is 8.77. The Morgan fingerprint density at radius 3 is 2.86 bits per heavy atom. The van der Waals surface area contributed by atoms with Crippen LogP contribution in [0.25, 0.3) is 10.6 Å². The van der Waals surface area contributed by atoms with E-state index in [1.807, 2.05) is 24.3 Å². The lowest BCUT2D eigenvalue weighted by atomic mass is 10.1. The van der Waals surface area contributed by atoms with E-state index in [0.717, 1.165) is 16.2 Å². The number of halogens is 1. The molecule has 35 heavy (non-hydrogen) atoms. The van der Waals surface area contributed by atoms with E-state index in [0.29, 0.717) is 17.1 Å². The standard InChI is InChI=1S/C24H24ClN3O5S2/c25-18-6-1-2-7-20(18)28-21(15-19(27-28)24(30)26-10-12-33-13-11-29)23-9-8-22(34-23)16-4-3-5-17(14-16)35(31)32/h1-7,9,14-15,22,29H,8,10-13H2,(H,26,30)(H,31,32)/p-1. The minimum Gasteiger partial charge on any atom is -0.768 e. The third-order valence-electron chi connectivity index (χ3n) is 5.25. The van der Waals surface area contributed by atoms with Gasteiger partial charge in [0.25, 0.3) is 5.91 Å². The minimum atomic E-state index is -2.29. The lowest BCUT2D eigenvalue weighted by Gasteiger charge is -2.14. The van der Waals surface area contributed by atoms with Gasteiger partial charge in [-0.1, -0.05) is 41.9 Å². The van der Waals surface area contributed by atoms with Crippen LogP contribution in [0.5, 0.6) is 0 Å². The second-order valence-electron chi connectivity index (χ2n) is 7.59. The van der Waals surface area contributed by atoms with Crippen molar-refractivity contribution < 1.29 is 23.4 Å². The second-order valence-corrected chi connectivity index (χ2v) is 10.2. The van der Waals surface area contributed by atoms with Gasteiger partial charge in [0.15, 0.2) is 5.69 Å². The van der Waals surface area contributed by atoms with Crippen LogP contribution in [0.15, 0.2) is 65.6 Å². The third kappa shape index (κ3) is 6.21. The highest BCUT2D eigenvalue weighted by Crippen LogP contribution is 2.48. The van der Waals surface area contributed by atoms with Crippen molar-refractivity contribution in [3.05, 3.63) is 82.6 Å². The van der Waals surface area contributed by atoms with Crippen molar-refractivity contribution in [2.24, 2.45) is 0 Å². The molecule has 3 aromatic rings. The van der Waals surface area contributed by atoms with Crippen molar-refractivity contribution >= 4 is 45.3 Å². The van der Waals surface area contributed by atoms with E-state index >= 15 is 0 Å². The average Bonchev–Trinajstić information content (AvgIpc) is 3.52. The summed E-state index contributed by atoms with van der Waals surface area (Å²) in [6.45, 7) is 0.692. The van der Waals surface area contributed by atoms with Gasteiger partial charge in [0.2, 0.25) is 0 Å². The first-order valence-electron chi connectivity index (χ1n) is 10.9. The zero-order chi connectivity index (χ0) is 24.8. The molecule has 0 saturated heterocycles. The Balaban J connectivity index is 1.59. The van der Waals surface area contributed by atoms with E-state index in [1.54, 1.807) is 46.8 Å². The highest BCUT2D eigenvalue weighted by atomic mass is 35.5. The van der Waals surface area contributed by atoms with Crippen LogP contribution in [0, 0.1) is 0 Å². The number of carbonyl (C=O) groups is 1. The molecule has 2 atom stereocenters. The molecule has 0 aliphatic carbocycles. The molecule has 0 bridgehead atoms. The largest absolute Gasteiger partial charge is 0.768 e. The van der Waals surface area contributed by atoms with Crippen LogP contribution in [0.4, 0.5) is 0 Å². The summed E-state index contributed by atoms with van der Waals surface area (Å²) in [6.07, 6.45) is 2.76. The number of nitrogens with zero attached hydrogens (tertiary/aromatic N) is 2. The predicted molar refractivity (Wildman–Crippen MR) is 135 cm³/mol. The van der Waals surface area contributed by atoms with E-state index in [4.69, 9.17) is 21.4 Å². The van der Waals surface area contributed by atoms with Gasteiger partial charge in [-0.3, -0.25) is 9.00 Å². The molecule has 0 saturated carbocycles. The zero-order valence-electron chi connectivity index (χ0n) is 18.6. The number of aliphatic hydroxyl groups excluding tert-OH is 1. The first kappa shape index (κ1) is 25.6. The number of carbonyl (C=O) groups excluding carboxylic acids is 1. The number of hydrogen-bond donors (Lipinski definition) is 2. The van der Waals surface area contributed by atoms with E-state index in [2.05, 4.69) is 16.5 Å². The van der Waals surface area contributed by atoms with Crippen LogP contribution in [0.1, 0.15) is 33.4 Å². The number of aromatic nitrogens is 2. The van der Waals surface area contributed by atoms with Crippen LogP contribution in [-0.4, -0.2) is 55.9 Å². The molecule has 0 spiro atoms. The molecule has 8 nitrogen and oxygen atoms in total. The van der Waals surface area contributed by atoms with Crippen molar-refractivity contribution in [1.82, 2.24) is 15.1 Å². The fourth-order valence-corrected chi connectivity index (χ4v) is 5.50. The van der Waals surface area contributed by atoms with Gasteiger partial charge in [0.05, 0.1) is 36.2 Å². The smallest absolute Gasteiger partial charge is 0.271 e. The van der Waals surface area contributed by atoms with Crippen LogP contribution < -0.4 is 5.32 Å². The van der Waals surface area contributed by atoms with Crippen molar-refractivity contribution in [3.63, 3.8) is 0 Å². The summed E-state index contributed by atoms with van der Waals surface area (Å²) in [5.41, 5.74) is 2.50. The Morgan fingerprint density at radius 1 is 1.26 bits per heavy atom. The highest BCUT2D eigenvalue weighted by Gasteiger charge is 2.26. The Hall–Kier alpha value is -2.47. The number of rotatable bonds is 10. The summed E-state index contributed by atoms with van der Waals surface area (Å²) in [7, 11) is 0. The number of para-hydroxylation sites is 1. The quantitative estimate of drug-likeness (QED) is 0.302. The molecule has 0 fully saturated rings. The first-order valence-corrected chi connectivity index (χ1v) is 13.2. The Bertz CT molecular complexity index is 1260. The summed E-state index contributed by atoms with van der Waals surface area (Å²) in [4.78, 5) is 13.9. The van der Waals surface area contributed by atoms with Crippen molar-refractivity contribution in [2.45, 2.75) is 16.6 Å². The van der Waals surface area contributed by atoms with Gasteiger partial charge < -0.3 is 19.7 Å². The van der Waals surface area contributed by atoms with Gasteiger partial charge in [0, 0.05) is 21.6 Å². The predicted octanol–water partition coefficient (Wildman–Crippen LogP) is 3.72. The molecular formula is C24H23ClN3O5S2-. The number of allylic oxidation sites excluding steroid dienone is 1. The summed E-state index contributed by atoms with van der Waals surface area (Å²) in [6, 6.07) is 15.9. The maximum atomic E-state index is 12.8. The number of ether oxygens (including phenoxy) is 1. The van der Waals surface area contributed by atoms with Crippen LogP contribution in [0.3, 0.4) is 0 Å². The van der Waals surface area contributed by atoms with Crippen molar-refractivity contribution in [1.29, 1.82) is 0 Å². The topological polar surface area (TPSA) is 117 Å². The number of thioether (sulfide) groups is 1. The number of benzene rings is 2. The van der Waals surface area contributed by atoms with E-state index in [1.165, 1.54) is 0 Å². The number of hydrogen-bond acceptors (Lipinski definition) is 7.